The lowest BCUT2D eigenvalue weighted by Gasteiger charge is -2.25. The number of carbonyl (C=O) groups excluding carboxylic acids is 2. The van der Waals surface area contributed by atoms with Gasteiger partial charge >= 0.3 is 12.0 Å². The van der Waals surface area contributed by atoms with Crippen molar-refractivity contribution in [1.29, 1.82) is 0 Å². The highest BCUT2D eigenvalue weighted by Gasteiger charge is 2.36. The van der Waals surface area contributed by atoms with E-state index in [9.17, 15) is 9.59 Å². The summed E-state index contributed by atoms with van der Waals surface area (Å²) in [5.41, 5.74) is 6.47. The number of benzene rings is 1. The largest absolute Gasteiger partial charge is 0.467 e. The van der Waals surface area contributed by atoms with Gasteiger partial charge in [-0.15, -0.1) is 0 Å². The van der Waals surface area contributed by atoms with Gasteiger partial charge in [0.2, 0.25) is 0 Å². The number of aryl methyl sites for hydroxylation is 2. The first-order valence-corrected chi connectivity index (χ1v) is 9.01. The molecule has 2 aliphatic carbocycles. The zero-order valence-electron chi connectivity index (χ0n) is 14.2. The average molecular weight is 328 g/mol. The Morgan fingerprint density at radius 2 is 1.75 bits per heavy atom. The minimum atomic E-state index is -0.445. The Balaban J connectivity index is 1.62. The molecule has 128 valence electrons. The normalized spacial score (nSPS) is 21.5. The zero-order valence-corrected chi connectivity index (χ0v) is 14.2. The highest BCUT2D eigenvalue weighted by molar-refractivity contribution is 5.95. The number of likely N-dealkylation sites (tertiary alicyclic amines) is 1. The molecule has 5 nitrogen and oxygen atoms in total. The van der Waals surface area contributed by atoms with E-state index in [0.29, 0.717) is 13.0 Å². The first kappa shape index (κ1) is 15.5. The number of methoxy groups -OCH3 is 1. The third-order valence-corrected chi connectivity index (χ3v) is 5.69. The second-order valence-corrected chi connectivity index (χ2v) is 7.04. The Bertz CT molecular complexity index is 666. The van der Waals surface area contributed by atoms with Crippen LogP contribution in [0.5, 0.6) is 0 Å². The summed E-state index contributed by atoms with van der Waals surface area (Å²) in [6.07, 6.45) is 8.16. The number of esters is 1. The Labute approximate surface area is 142 Å². The smallest absolute Gasteiger partial charge is 0.328 e. The van der Waals surface area contributed by atoms with Crippen molar-refractivity contribution in [1.82, 2.24) is 4.90 Å². The molecule has 2 amide bonds. The molecule has 1 aromatic rings. The molecule has 1 aliphatic heterocycles. The predicted molar refractivity (Wildman–Crippen MR) is 91.3 cm³/mol. The maximum atomic E-state index is 12.9. The van der Waals surface area contributed by atoms with Crippen LogP contribution in [0.1, 0.15) is 47.9 Å². The van der Waals surface area contributed by atoms with E-state index < -0.39 is 6.04 Å². The minimum absolute atomic E-state index is 0.155. The van der Waals surface area contributed by atoms with E-state index >= 15 is 0 Å². The second kappa shape index (κ2) is 6.11. The topological polar surface area (TPSA) is 58.6 Å². The number of nitrogens with zero attached hydrogens (tertiary/aromatic N) is 1. The van der Waals surface area contributed by atoms with E-state index in [-0.39, 0.29) is 12.0 Å². The van der Waals surface area contributed by atoms with Gasteiger partial charge in [0.25, 0.3) is 0 Å². The highest BCUT2D eigenvalue weighted by Crippen LogP contribution is 2.39. The molecule has 0 spiro atoms. The van der Waals surface area contributed by atoms with Crippen molar-refractivity contribution in [2.24, 2.45) is 0 Å². The summed E-state index contributed by atoms with van der Waals surface area (Å²) in [5.74, 6) is -0.314. The number of hydrogen-bond acceptors (Lipinski definition) is 3. The molecule has 1 atom stereocenters. The lowest BCUT2D eigenvalue weighted by molar-refractivity contribution is -0.144. The second-order valence-electron chi connectivity index (χ2n) is 7.04. The third-order valence-electron chi connectivity index (χ3n) is 5.69. The molecule has 4 rings (SSSR count). The molecule has 1 fully saturated rings. The Hall–Kier alpha value is -2.04. The Kier molecular flexibility index (Phi) is 3.94. The van der Waals surface area contributed by atoms with Crippen molar-refractivity contribution >= 4 is 17.7 Å². The predicted octanol–water partition coefficient (Wildman–Crippen LogP) is 2.83. The summed E-state index contributed by atoms with van der Waals surface area (Å²) in [6, 6.07) is 1.75. The number of ether oxygens (including phenoxy) is 1. The maximum Gasteiger partial charge on any atom is 0.328 e. The summed E-state index contributed by atoms with van der Waals surface area (Å²) >= 11 is 0. The van der Waals surface area contributed by atoms with Gasteiger partial charge in [-0.1, -0.05) is 6.07 Å². The molecule has 5 heteroatoms. The van der Waals surface area contributed by atoms with E-state index in [0.717, 1.165) is 50.6 Å². The van der Waals surface area contributed by atoms with Gasteiger partial charge in [0, 0.05) is 12.2 Å². The van der Waals surface area contributed by atoms with Crippen molar-refractivity contribution in [2.75, 3.05) is 19.0 Å². The summed E-state index contributed by atoms with van der Waals surface area (Å²) in [6.45, 7) is 0.614. The van der Waals surface area contributed by atoms with Crippen LogP contribution < -0.4 is 5.32 Å². The lowest BCUT2D eigenvalue weighted by Crippen LogP contribution is -2.43. The molecule has 1 N–H and O–H groups in total. The summed E-state index contributed by atoms with van der Waals surface area (Å²) in [5, 5.41) is 3.17. The molecule has 1 saturated heterocycles. The van der Waals surface area contributed by atoms with Gasteiger partial charge in [-0.3, -0.25) is 0 Å². The standard InChI is InChI=1S/C19H24N2O3/c1-24-18(22)16-9-4-10-21(16)19(23)20-17-14-7-2-5-12(14)11-13-6-3-8-15(13)17/h11,16H,2-10H2,1H3,(H,20,23)/t16-/m1/s1. The SMILES string of the molecule is COC(=O)[C@H]1CCCN1C(=O)Nc1c2c(cc3c1CCC3)CCC2. The molecule has 1 aromatic carbocycles. The van der Waals surface area contributed by atoms with Crippen molar-refractivity contribution in [3.05, 3.63) is 28.3 Å². The lowest BCUT2D eigenvalue weighted by atomic mass is 9.99. The zero-order chi connectivity index (χ0) is 16.7. The average Bonchev–Trinajstić information content (AvgIpc) is 3.32. The molecule has 3 aliphatic rings. The third kappa shape index (κ3) is 2.46. The molecule has 0 aromatic heterocycles. The molecule has 0 bridgehead atoms. The van der Waals surface area contributed by atoms with Crippen LogP contribution in [0.3, 0.4) is 0 Å². The maximum absolute atomic E-state index is 12.9. The fourth-order valence-electron chi connectivity index (χ4n) is 4.54. The number of nitrogens with one attached hydrogen (secondary N) is 1. The quantitative estimate of drug-likeness (QED) is 0.849. The van der Waals surface area contributed by atoms with Crippen LogP contribution in [-0.4, -0.2) is 36.6 Å². The fourth-order valence-corrected chi connectivity index (χ4v) is 4.54. The van der Waals surface area contributed by atoms with Crippen molar-refractivity contribution in [2.45, 2.75) is 57.4 Å². The Morgan fingerprint density at radius 1 is 1.08 bits per heavy atom. The van der Waals surface area contributed by atoms with Gasteiger partial charge in [-0.2, -0.15) is 0 Å². The molecular formula is C19H24N2O3. The van der Waals surface area contributed by atoms with Crippen LogP contribution in [-0.2, 0) is 35.2 Å². The van der Waals surface area contributed by atoms with Gasteiger partial charge in [-0.05, 0) is 73.6 Å². The van der Waals surface area contributed by atoms with Crippen molar-refractivity contribution in [3.8, 4) is 0 Å². The molecule has 24 heavy (non-hydrogen) atoms. The van der Waals surface area contributed by atoms with E-state index in [1.54, 1.807) is 4.90 Å². The number of carbonyl (C=O) groups is 2. The van der Waals surface area contributed by atoms with Gasteiger partial charge in [0.1, 0.15) is 6.04 Å². The van der Waals surface area contributed by atoms with Gasteiger partial charge in [0.05, 0.1) is 7.11 Å². The molecular weight excluding hydrogens is 304 g/mol. The van der Waals surface area contributed by atoms with Crippen LogP contribution in [0.2, 0.25) is 0 Å². The number of hydrogen-bond donors (Lipinski definition) is 1. The van der Waals surface area contributed by atoms with Crippen LogP contribution in [0.4, 0.5) is 10.5 Å². The summed E-state index contributed by atoms with van der Waals surface area (Å²) in [7, 11) is 1.38. The van der Waals surface area contributed by atoms with Crippen molar-refractivity contribution < 1.29 is 14.3 Å². The van der Waals surface area contributed by atoms with Crippen LogP contribution in [0.15, 0.2) is 6.07 Å². The Morgan fingerprint density at radius 3 is 2.38 bits per heavy atom. The molecule has 0 saturated carbocycles. The highest BCUT2D eigenvalue weighted by atomic mass is 16.5. The van der Waals surface area contributed by atoms with E-state index in [4.69, 9.17) is 4.74 Å². The fraction of sp³-hybridized carbons (Fsp3) is 0.579. The monoisotopic (exact) mass is 328 g/mol. The number of anilines is 1. The van der Waals surface area contributed by atoms with Crippen LogP contribution >= 0.6 is 0 Å². The van der Waals surface area contributed by atoms with E-state index in [1.807, 2.05) is 0 Å². The molecule has 0 unspecified atom stereocenters. The first-order valence-electron chi connectivity index (χ1n) is 9.01. The summed E-state index contributed by atoms with van der Waals surface area (Å²) in [4.78, 5) is 26.4. The van der Waals surface area contributed by atoms with Crippen LogP contribution in [0, 0.1) is 0 Å². The van der Waals surface area contributed by atoms with Crippen LogP contribution in [0.25, 0.3) is 0 Å². The number of urea groups is 1. The number of rotatable bonds is 2. The summed E-state index contributed by atoms with van der Waals surface area (Å²) < 4.78 is 4.85. The van der Waals surface area contributed by atoms with E-state index in [1.165, 1.54) is 29.4 Å². The molecule has 1 heterocycles. The number of fused-ring (bicyclic) bond motifs is 2. The molecule has 0 radical (unpaired) electrons. The van der Waals surface area contributed by atoms with Gasteiger partial charge < -0.3 is 15.0 Å². The van der Waals surface area contributed by atoms with Gasteiger partial charge in [-0.25, -0.2) is 9.59 Å². The van der Waals surface area contributed by atoms with Crippen molar-refractivity contribution in [3.63, 3.8) is 0 Å². The number of amides is 2. The van der Waals surface area contributed by atoms with Gasteiger partial charge in [0.15, 0.2) is 0 Å². The minimum Gasteiger partial charge on any atom is -0.467 e. The van der Waals surface area contributed by atoms with E-state index in [2.05, 4.69) is 11.4 Å². The first-order chi connectivity index (χ1) is 11.7.